The molecule has 15 heavy (non-hydrogen) atoms. The number of carbonyl (C=O) groups is 1. The van der Waals surface area contributed by atoms with Crippen LogP contribution in [0.25, 0.3) is 0 Å². The molecule has 0 radical (unpaired) electrons. The Kier molecular flexibility index (Phi) is 5.75. The molecule has 0 aromatic carbocycles. The number of hydrogen-bond donors (Lipinski definition) is 1. The van der Waals surface area contributed by atoms with Crippen molar-refractivity contribution in [2.24, 2.45) is 0 Å². The first-order chi connectivity index (χ1) is 7.24. The standard InChI is InChI=1S/C10H14O3S2/c1-2-3-13-4-5-14-8-6-9(10(11)12)15-7-8/h6-7H,2-5H2,1H3,(H,11,12). The zero-order valence-electron chi connectivity index (χ0n) is 8.56. The first kappa shape index (κ1) is 12.5. The lowest BCUT2D eigenvalue weighted by Crippen LogP contribution is -1.97. The molecule has 1 aromatic rings. The van der Waals surface area contributed by atoms with E-state index in [1.807, 2.05) is 5.38 Å². The van der Waals surface area contributed by atoms with Gasteiger partial charge in [0.25, 0.3) is 0 Å². The van der Waals surface area contributed by atoms with Crippen LogP contribution < -0.4 is 0 Å². The SMILES string of the molecule is CCCOCCSc1csc(C(=O)O)c1. The van der Waals surface area contributed by atoms with Crippen molar-refractivity contribution < 1.29 is 14.6 Å². The Morgan fingerprint density at radius 2 is 2.40 bits per heavy atom. The van der Waals surface area contributed by atoms with E-state index in [1.54, 1.807) is 17.8 Å². The third-order valence-electron chi connectivity index (χ3n) is 1.63. The van der Waals surface area contributed by atoms with Gasteiger partial charge in [0.15, 0.2) is 0 Å². The van der Waals surface area contributed by atoms with Gasteiger partial charge in [-0.2, -0.15) is 0 Å². The van der Waals surface area contributed by atoms with E-state index in [4.69, 9.17) is 9.84 Å². The highest BCUT2D eigenvalue weighted by Crippen LogP contribution is 2.24. The second-order valence-corrected chi connectivity index (χ2v) is 4.99. The van der Waals surface area contributed by atoms with Crippen LogP contribution >= 0.6 is 23.1 Å². The van der Waals surface area contributed by atoms with E-state index in [2.05, 4.69) is 6.92 Å². The molecule has 0 aliphatic carbocycles. The minimum absolute atomic E-state index is 0.395. The van der Waals surface area contributed by atoms with Gasteiger partial charge >= 0.3 is 5.97 Å². The van der Waals surface area contributed by atoms with Crippen LogP contribution in [0.1, 0.15) is 23.0 Å². The minimum Gasteiger partial charge on any atom is -0.477 e. The molecule has 0 unspecified atom stereocenters. The predicted octanol–water partition coefficient (Wildman–Crippen LogP) is 2.97. The Bertz CT molecular complexity index is 309. The maximum Gasteiger partial charge on any atom is 0.345 e. The van der Waals surface area contributed by atoms with E-state index in [0.717, 1.165) is 30.3 Å². The Balaban J connectivity index is 2.23. The largest absolute Gasteiger partial charge is 0.477 e. The van der Waals surface area contributed by atoms with Gasteiger partial charge in [-0.1, -0.05) is 6.92 Å². The van der Waals surface area contributed by atoms with Crippen LogP contribution in [0.4, 0.5) is 0 Å². The smallest absolute Gasteiger partial charge is 0.345 e. The molecular weight excluding hydrogens is 232 g/mol. The number of thioether (sulfide) groups is 1. The van der Waals surface area contributed by atoms with Crippen LogP contribution in [0, 0.1) is 0 Å². The average molecular weight is 246 g/mol. The van der Waals surface area contributed by atoms with Crippen LogP contribution in [0.5, 0.6) is 0 Å². The summed E-state index contributed by atoms with van der Waals surface area (Å²) in [5.74, 6) is 0.0181. The Labute approximate surface area is 97.5 Å². The van der Waals surface area contributed by atoms with Crippen LogP contribution in [0.15, 0.2) is 16.3 Å². The summed E-state index contributed by atoms with van der Waals surface area (Å²) in [5.41, 5.74) is 0. The first-order valence-electron chi connectivity index (χ1n) is 4.76. The number of rotatable bonds is 7. The van der Waals surface area contributed by atoms with E-state index in [9.17, 15) is 4.79 Å². The van der Waals surface area contributed by atoms with Crippen molar-refractivity contribution >= 4 is 29.1 Å². The summed E-state index contributed by atoms with van der Waals surface area (Å²) in [6.45, 7) is 3.59. The maximum atomic E-state index is 10.6. The molecule has 0 saturated heterocycles. The summed E-state index contributed by atoms with van der Waals surface area (Å²) in [4.78, 5) is 12.0. The highest BCUT2D eigenvalue weighted by Gasteiger charge is 2.06. The molecule has 84 valence electrons. The zero-order valence-corrected chi connectivity index (χ0v) is 10.2. The fourth-order valence-corrected chi connectivity index (χ4v) is 2.71. The summed E-state index contributed by atoms with van der Waals surface area (Å²) in [6.07, 6.45) is 1.03. The predicted molar refractivity (Wildman–Crippen MR) is 63.1 cm³/mol. The molecule has 1 N–H and O–H groups in total. The Morgan fingerprint density at radius 1 is 1.60 bits per heavy atom. The van der Waals surface area contributed by atoms with Gasteiger partial charge in [0, 0.05) is 22.6 Å². The molecule has 1 aromatic heterocycles. The molecule has 0 bridgehead atoms. The molecule has 1 heterocycles. The second kappa shape index (κ2) is 6.87. The first-order valence-corrected chi connectivity index (χ1v) is 6.63. The van der Waals surface area contributed by atoms with Gasteiger partial charge in [-0.25, -0.2) is 4.79 Å². The summed E-state index contributed by atoms with van der Waals surface area (Å²) in [5, 5.41) is 10.6. The number of carboxylic acid groups (broad SMARTS) is 1. The number of carboxylic acids is 1. The van der Waals surface area contributed by atoms with Gasteiger partial charge in [-0.05, 0) is 12.5 Å². The maximum absolute atomic E-state index is 10.6. The fraction of sp³-hybridized carbons (Fsp3) is 0.500. The quantitative estimate of drug-likeness (QED) is 0.593. The molecular formula is C10H14O3S2. The molecule has 0 atom stereocenters. The Hall–Kier alpha value is -0.520. The zero-order chi connectivity index (χ0) is 11.1. The average Bonchev–Trinajstić information content (AvgIpc) is 2.66. The fourth-order valence-electron chi connectivity index (χ4n) is 0.971. The van der Waals surface area contributed by atoms with Crippen molar-refractivity contribution in [1.29, 1.82) is 0 Å². The van der Waals surface area contributed by atoms with E-state index < -0.39 is 5.97 Å². The number of thiophene rings is 1. The molecule has 0 aliphatic heterocycles. The monoisotopic (exact) mass is 246 g/mol. The van der Waals surface area contributed by atoms with Gasteiger partial charge in [0.05, 0.1) is 6.61 Å². The summed E-state index contributed by atoms with van der Waals surface area (Å²) in [6, 6.07) is 1.71. The number of aromatic carboxylic acids is 1. The van der Waals surface area contributed by atoms with Gasteiger partial charge in [0.1, 0.15) is 4.88 Å². The third-order valence-corrected chi connectivity index (χ3v) is 3.64. The molecule has 0 spiro atoms. The van der Waals surface area contributed by atoms with Gasteiger partial charge in [-0.15, -0.1) is 23.1 Å². The molecule has 1 rings (SSSR count). The van der Waals surface area contributed by atoms with Crippen molar-refractivity contribution in [3.8, 4) is 0 Å². The Morgan fingerprint density at radius 3 is 3.00 bits per heavy atom. The van der Waals surface area contributed by atoms with Gasteiger partial charge < -0.3 is 9.84 Å². The summed E-state index contributed by atoms with van der Waals surface area (Å²) in [7, 11) is 0. The second-order valence-electron chi connectivity index (χ2n) is 2.91. The molecule has 0 amide bonds. The van der Waals surface area contributed by atoms with Crippen LogP contribution in [0.3, 0.4) is 0 Å². The summed E-state index contributed by atoms with van der Waals surface area (Å²) >= 11 is 2.90. The third kappa shape index (κ3) is 4.68. The molecule has 0 saturated carbocycles. The van der Waals surface area contributed by atoms with E-state index in [0.29, 0.717) is 4.88 Å². The lowest BCUT2D eigenvalue weighted by Gasteiger charge is -2.00. The van der Waals surface area contributed by atoms with Crippen molar-refractivity contribution in [2.75, 3.05) is 19.0 Å². The number of ether oxygens (including phenoxy) is 1. The molecule has 0 fully saturated rings. The van der Waals surface area contributed by atoms with Crippen LogP contribution in [-0.2, 0) is 4.74 Å². The van der Waals surface area contributed by atoms with E-state index in [-0.39, 0.29) is 0 Å². The highest BCUT2D eigenvalue weighted by atomic mass is 32.2. The van der Waals surface area contributed by atoms with Gasteiger partial charge in [0.2, 0.25) is 0 Å². The topological polar surface area (TPSA) is 46.5 Å². The minimum atomic E-state index is -0.853. The van der Waals surface area contributed by atoms with Crippen molar-refractivity contribution in [2.45, 2.75) is 18.2 Å². The van der Waals surface area contributed by atoms with Gasteiger partial charge in [-0.3, -0.25) is 0 Å². The molecule has 5 heteroatoms. The normalized spacial score (nSPS) is 10.5. The van der Waals surface area contributed by atoms with Crippen molar-refractivity contribution in [1.82, 2.24) is 0 Å². The van der Waals surface area contributed by atoms with Crippen LogP contribution in [0.2, 0.25) is 0 Å². The highest BCUT2D eigenvalue weighted by molar-refractivity contribution is 7.99. The molecule has 0 aliphatic rings. The van der Waals surface area contributed by atoms with Crippen molar-refractivity contribution in [3.63, 3.8) is 0 Å². The van der Waals surface area contributed by atoms with Crippen molar-refractivity contribution in [3.05, 3.63) is 16.3 Å². The lowest BCUT2D eigenvalue weighted by atomic mass is 10.5. The van der Waals surface area contributed by atoms with E-state index in [1.165, 1.54) is 11.3 Å². The van der Waals surface area contributed by atoms with Crippen LogP contribution in [-0.4, -0.2) is 30.0 Å². The lowest BCUT2D eigenvalue weighted by molar-refractivity contribution is 0.0702. The number of hydrogen-bond acceptors (Lipinski definition) is 4. The van der Waals surface area contributed by atoms with E-state index >= 15 is 0 Å². The summed E-state index contributed by atoms with van der Waals surface area (Å²) < 4.78 is 5.33. The molecule has 3 nitrogen and oxygen atoms in total.